The molecule has 30 heavy (non-hydrogen) atoms. The Morgan fingerprint density at radius 1 is 1.37 bits per heavy atom. The molecule has 4 rings (SSSR count). The molecule has 0 aliphatic carbocycles. The van der Waals surface area contributed by atoms with Crippen molar-refractivity contribution >= 4 is 17.6 Å². The summed E-state index contributed by atoms with van der Waals surface area (Å²) in [6.45, 7) is 2.45. The van der Waals surface area contributed by atoms with Crippen molar-refractivity contribution in [3.8, 4) is 11.9 Å². The fourth-order valence-electron chi connectivity index (χ4n) is 3.92. The van der Waals surface area contributed by atoms with Crippen LogP contribution in [0.25, 0.3) is 0 Å². The van der Waals surface area contributed by atoms with Gasteiger partial charge in [0.15, 0.2) is 0 Å². The summed E-state index contributed by atoms with van der Waals surface area (Å²) in [5.74, 6) is 0.174. The highest BCUT2D eigenvalue weighted by atomic mass is 19.1. The minimum absolute atomic E-state index is 0.184. The van der Waals surface area contributed by atoms with E-state index in [2.05, 4.69) is 15.3 Å². The Morgan fingerprint density at radius 3 is 2.73 bits per heavy atom. The predicted octanol–water partition coefficient (Wildman–Crippen LogP) is 2.83. The van der Waals surface area contributed by atoms with E-state index in [1.54, 1.807) is 6.92 Å². The lowest BCUT2D eigenvalue weighted by Gasteiger charge is -2.46. The van der Waals surface area contributed by atoms with Crippen LogP contribution in [0.4, 0.5) is 20.7 Å². The van der Waals surface area contributed by atoms with E-state index in [0.29, 0.717) is 43.3 Å². The second-order valence-corrected chi connectivity index (χ2v) is 7.33. The molecule has 1 aromatic heterocycles. The van der Waals surface area contributed by atoms with E-state index >= 15 is 0 Å². The molecule has 2 N–H and O–H groups in total. The maximum absolute atomic E-state index is 14.2. The van der Waals surface area contributed by atoms with E-state index < -0.39 is 11.9 Å². The number of nitriles is 1. The molecule has 2 fully saturated rings. The van der Waals surface area contributed by atoms with E-state index in [4.69, 9.17) is 14.7 Å². The second-order valence-electron chi connectivity index (χ2n) is 7.33. The molecule has 2 saturated heterocycles. The zero-order chi connectivity index (χ0) is 21.3. The van der Waals surface area contributed by atoms with Gasteiger partial charge in [-0.05, 0) is 25.1 Å². The van der Waals surface area contributed by atoms with Crippen LogP contribution in [0.15, 0.2) is 24.5 Å². The van der Waals surface area contributed by atoms with Gasteiger partial charge in [-0.1, -0.05) is 0 Å². The number of morpholine rings is 1. The number of benzene rings is 1. The maximum Gasteiger partial charge on any atom is 0.407 e. The van der Waals surface area contributed by atoms with Crippen molar-refractivity contribution < 1.29 is 23.8 Å². The number of ether oxygens (including phenoxy) is 2. The van der Waals surface area contributed by atoms with Crippen molar-refractivity contribution in [2.24, 2.45) is 0 Å². The second kappa shape index (κ2) is 8.12. The number of rotatable bonds is 4. The van der Waals surface area contributed by atoms with E-state index in [0.717, 1.165) is 6.07 Å². The van der Waals surface area contributed by atoms with Crippen LogP contribution in [-0.4, -0.2) is 57.5 Å². The first-order valence-electron chi connectivity index (χ1n) is 9.50. The molecule has 156 valence electrons. The summed E-state index contributed by atoms with van der Waals surface area (Å²) < 4.78 is 25.8. The molecule has 2 atom stereocenters. The SMILES string of the molecule is Cc1c(Nc2ccc(C#N)cc2F)ncnc1OC1CC2COCC(C1)N2C(=O)O. The predicted molar refractivity (Wildman–Crippen MR) is 103 cm³/mol. The minimum atomic E-state index is -0.944. The number of amides is 1. The summed E-state index contributed by atoms with van der Waals surface area (Å²) >= 11 is 0. The Labute approximate surface area is 172 Å². The molecule has 0 spiro atoms. The van der Waals surface area contributed by atoms with Gasteiger partial charge >= 0.3 is 6.09 Å². The number of carbonyl (C=O) groups is 1. The Balaban J connectivity index is 1.50. The highest BCUT2D eigenvalue weighted by molar-refractivity contribution is 5.66. The molecular weight excluding hydrogens is 393 g/mol. The van der Waals surface area contributed by atoms with Crippen LogP contribution in [0.2, 0.25) is 0 Å². The van der Waals surface area contributed by atoms with Crippen molar-refractivity contribution in [2.75, 3.05) is 18.5 Å². The van der Waals surface area contributed by atoms with Gasteiger partial charge in [0.2, 0.25) is 5.88 Å². The van der Waals surface area contributed by atoms with Crippen molar-refractivity contribution in [2.45, 2.75) is 38.0 Å². The van der Waals surface area contributed by atoms with Gasteiger partial charge < -0.3 is 19.9 Å². The molecule has 2 aliphatic rings. The van der Waals surface area contributed by atoms with Crippen molar-refractivity contribution in [1.82, 2.24) is 14.9 Å². The third-order valence-electron chi connectivity index (χ3n) is 5.37. The number of piperidine rings is 1. The number of nitrogens with one attached hydrogen (secondary N) is 1. The topological polar surface area (TPSA) is 121 Å². The Kier molecular flexibility index (Phi) is 5.37. The van der Waals surface area contributed by atoms with Crippen LogP contribution < -0.4 is 10.1 Å². The highest BCUT2D eigenvalue weighted by Crippen LogP contribution is 2.32. The van der Waals surface area contributed by atoms with E-state index in [9.17, 15) is 14.3 Å². The molecule has 10 heteroatoms. The smallest absolute Gasteiger partial charge is 0.407 e. The molecule has 0 saturated carbocycles. The lowest BCUT2D eigenvalue weighted by molar-refractivity contribution is -0.0863. The maximum atomic E-state index is 14.2. The summed E-state index contributed by atoms with van der Waals surface area (Å²) in [7, 11) is 0. The summed E-state index contributed by atoms with van der Waals surface area (Å²) in [6, 6.07) is 5.50. The fraction of sp³-hybridized carbons (Fsp3) is 0.400. The van der Waals surface area contributed by atoms with Gasteiger partial charge in [-0.25, -0.2) is 19.2 Å². The molecule has 1 aromatic carbocycles. The number of hydrogen-bond donors (Lipinski definition) is 2. The standard InChI is InChI=1S/C20H20FN5O4/c1-11-18(25-17-3-2-12(7-22)4-16(17)21)23-10-24-19(11)30-15-5-13-8-29-9-14(6-15)26(13)20(27)28/h2-4,10,13-15H,5-6,8-9H2,1H3,(H,27,28)(H,23,24,25). The van der Waals surface area contributed by atoms with Crippen molar-refractivity contribution in [3.05, 3.63) is 41.5 Å². The number of nitrogens with zero attached hydrogens (tertiary/aromatic N) is 4. The van der Waals surface area contributed by atoms with Gasteiger partial charge in [-0.2, -0.15) is 5.26 Å². The summed E-state index contributed by atoms with van der Waals surface area (Å²) in [5.41, 5.74) is 1.01. The fourth-order valence-corrected chi connectivity index (χ4v) is 3.92. The van der Waals surface area contributed by atoms with Crippen LogP contribution in [0.1, 0.15) is 24.0 Å². The third kappa shape index (κ3) is 3.84. The average molecular weight is 413 g/mol. The third-order valence-corrected chi connectivity index (χ3v) is 5.37. The molecule has 2 bridgehead atoms. The van der Waals surface area contributed by atoms with Gasteiger partial charge in [0.1, 0.15) is 24.1 Å². The molecule has 3 heterocycles. The normalized spacial score (nSPS) is 22.8. The molecule has 0 radical (unpaired) electrons. The van der Waals surface area contributed by atoms with Crippen LogP contribution in [-0.2, 0) is 4.74 Å². The summed E-state index contributed by atoms with van der Waals surface area (Å²) in [6.07, 6.45) is 1.16. The molecule has 2 unspecified atom stereocenters. The molecule has 1 amide bonds. The van der Waals surface area contributed by atoms with Crippen LogP contribution in [0.5, 0.6) is 5.88 Å². The van der Waals surface area contributed by atoms with E-state index in [-0.39, 0.29) is 29.4 Å². The molecule has 9 nitrogen and oxygen atoms in total. The van der Waals surface area contributed by atoms with Gasteiger partial charge in [0, 0.05) is 12.8 Å². The Bertz CT molecular complexity index is 997. The van der Waals surface area contributed by atoms with E-state index in [1.807, 2.05) is 6.07 Å². The number of carboxylic acid groups (broad SMARTS) is 1. The average Bonchev–Trinajstić information content (AvgIpc) is 2.71. The Hall–Kier alpha value is -3.45. The number of anilines is 2. The van der Waals surface area contributed by atoms with Gasteiger partial charge in [0.25, 0.3) is 0 Å². The number of halogens is 1. The minimum Gasteiger partial charge on any atom is -0.474 e. The highest BCUT2D eigenvalue weighted by Gasteiger charge is 2.42. The van der Waals surface area contributed by atoms with E-state index in [1.165, 1.54) is 23.4 Å². The lowest BCUT2D eigenvalue weighted by atomic mass is 9.92. The first kappa shape index (κ1) is 19.8. The zero-order valence-corrected chi connectivity index (χ0v) is 16.2. The molecule has 2 aromatic rings. The van der Waals surface area contributed by atoms with Crippen LogP contribution >= 0.6 is 0 Å². The largest absolute Gasteiger partial charge is 0.474 e. The van der Waals surface area contributed by atoms with Gasteiger partial charge in [-0.15, -0.1) is 0 Å². The summed E-state index contributed by atoms with van der Waals surface area (Å²) in [4.78, 5) is 21.3. The molecular formula is C20H20FN5O4. The van der Waals surface area contributed by atoms with Crippen molar-refractivity contribution in [1.29, 1.82) is 5.26 Å². The van der Waals surface area contributed by atoms with Crippen LogP contribution in [0, 0.1) is 24.1 Å². The zero-order valence-electron chi connectivity index (χ0n) is 16.2. The first-order chi connectivity index (χ1) is 14.5. The Morgan fingerprint density at radius 2 is 2.10 bits per heavy atom. The van der Waals surface area contributed by atoms with Gasteiger partial charge in [-0.3, -0.25) is 4.90 Å². The monoisotopic (exact) mass is 413 g/mol. The van der Waals surface area contributed by atoms with Gasteiger partial charge in [0.05, 0.1) is 48.2 Å². The lowest BCUT2D eigenvalue weighted by Crippen LogP contribution is -2.60. The molecule has 2 aliphatic heterocycles. The van der Waals surface area contributed by atoms with Crippen molar-refractivity contribution in [3.63, 3.8) is 0 Å². The number of aromatic nitrogens is 2. The number of hydrogen-bond acceptors (Lipinski definition) is 7. The number of fused-ring (bicyclic) bond motifs is 2. The van der Waals surface area contributed by atoms with Crippen LogP contribution in [0.3, 0.4) is 0 Å². The quantitative estimate of drug-likeness (QED) is 0.785. The summed E-state index contributed by atoms with van der Waals surface area (Å²) in [5, 5.41) is 21.2. The first-order valence-corrected chi connectivity index (χ1v) is 9.50.